The number of hydrogen-bond donors (Lipinski definition) is 3. The lowest BCUT2D eigenvalue weighted by molar-refractivity contribution is -0.137. The summed E-state index contributed by atoms with van der Waals surface area (Å²) in [5, 5.41) is 5.38. The normalized spacial score (nSPS) is 13.4. The van der Waals surface area contributed by atoms with Gasteiger partial charge in [-0.2, -0.15) is 13.2 Å². The molecule has 0 saturated heterocycles. The molecule has 0 heterocycles. The number of hydrogen-bond acceptors (Lipinski definition) is 2. The van der Waals surface area contributed by atoms with E-state index in [2.05, 4.69) is 10.6 Å². The quantitative estimate of drug-likeness (QED) is 0.547. The van der Waals surface area contributed by atoms with Gasteiger partial charge in [0.05, 0.1) is 17.6 Å². The van der Waals surface area contributed by atoms with Gasteiger partial charge < -0.3 is 16.4 Å². The number of amides is 2. The van der Waals surface area contributed by atoms with Gasteiger partial charge in [0, 0.05) is 5.69 Å². The smallest absolute Gasteiger partial charge is 0.329 e. The number of carbonyl (C=O) groups is 1. The fourth-order valence-electron chi connectivity index (χ4n) is 2.96. The van der Waals surface area contributed by atoms with Gasteiger partial charge in [-0.05, 0) is 35.4 Å². The van der Waals surface area contributed by atoms with Gasteiger partial charge >= 0.3 is 12.2 Å². The van der Waals surface area contributed by atoms with Crippen LogP contribution in [0.25, 0.3) is 0 Å². The summed E-state index contributed by atoms with van der Waals surface area (Å²) < 4.78 is 38.0. The van der Waals surface area contributed by atoms with E-state index in [1.54, 1.807) is 0 Å². The van der Waals surface area contributed by atoms with Gasteiger partial charge in [-0.15, -0.1) is 0 Å². The van der Waals surface area contributed by atoms with Crippen molar-refractivity contribution >= 4 is 11.7 Å². The zero-order valence-electron chi connectivity index (χ0n) is 15.4. The van der Waals surface area contributed by atoms with Crippen LogP contribution in [0.3, 0.4) is 0 Å². The number of benzene rings is 3. The first kappa shape index (κ1) is 20.4. The summed E-state index contributed by atoms with van der Waals surface area (Å²) in [6, 6.07) is 21.2. The van der Waals surface area contributed by atoms with Gasteiger partial charge in [-0.1, -0.05) is 60.7 Å². The molecule has 0 bridgehead atoms. The molecule has 0 radical (unpaired) electrons. The van der Waals surface area contributed by atoms with E-state index in [1.165, 1.54) is 12.1 Å². The first-order valence-electron chi connectivity index (χ1n) is 8.95. The van der Waals surface area contributed by atoms with E-state index >= 15 is 0 Å². The third-order valence-electron chi connectivity index (χ3n) is 4.46. The fraction of sp³-hybridized carbons (Fsp3) is 0.136. The largest absolute Gasteiger partial charge is 0.416 e. The second-order valence-electron chi connectivity index (χ2n) is 6.50. The summed E-state index contributed by atoms with van der Waals surface area (Å²) in [5.41, 5.74) is 7.53. The monoisotopic (exact) mass is 399 g/mol. The fourth-order valence-corrected chi connectivity index (χ4v) is 2.96. The minimum Gasteiger partial charge on any atom is -0.329 e. The molecule has 3 rings (SSSR count). The van der Waals surface area contributed by atoms with E-state index in [1.807, 2.05) is 60.7 Å². The lowest BCUT2D eigenvalue weighted by Gasteiger charge is -2.26. The SMILES string of the molecule is N[C@@H](c1ccccc1)[C@H](NC(=O)Nc1ccc(C(F)(F)F)cc1)c1ccccc1. The highest BCUT2D eigenvalue weighted by Gasteiger charge is 2.30. The van der Waals surface area contributed by atoms with E-state index < -0.39 is 29.9 Å². The van der Waals surface area contributed by atoms with Crippen molar-refractivity contribution in [2.45, 2.75) is 18.3 Å². The van der Waals surface area contributed by atoms with Gasteiger partial charge in [-0.25, -0.2) is 4.79 Å². The standard InChI is InChI=1S/C22H20F3N3O/c23-22(24,25)17-11-13-18(14-12-17)27-21(29)28-20(16-9-5-2-6-10-16)19(26)15-7-3-1-4-8-15/h1-14,19-20H,26H2,(H2,27,28,29)/t19-,20+/m0/s1. The summed E-state index contributed by atoms with van der Waals surface area (Å²) in [6.45, 7) is 0. The molecule has 0 saturated carbocycles. The molecule has 29 heavy (non-hydrogen) atoms. The average Bonchev–Trinajstić information content (AvgIpc) is 2.72. The van der Waals surface area contributed by atoms with Crippen molar-refractivity contribution in [3.63, 3.8) is 0 Å². The highest BCUT2D eigenvalue weighted by atomic mass is 19.4. The Morgan fingerprint density at radius 3 is 1.83 bits per heavy atom. The summed E-state index contributed by atoms with van der Waals surface area (Å²) >= 11 is 0. The average molecular weight is 399 g/mol. The topological polar surface area (TPSA) is 67.1 Å². The molecule has 7 heteroatoms. The zero-order valence-corrected chi connectivity index (χ0v) is 15.4. The Balaban J connectivity index is 1.76. The number of alkyl halides is 3. The van der Waals surface area contributed by atoms with Crippen LogP contribution in [0.1, 0.15) is 28.8 Å². The lowest BCUT2D eigenvalue weighted by atomic mass is 9.94. The van der Waals surface area contributed by atoms with Gasteiger partial charge in [0.2, 0.25) is 0 Å². The second-order valence-corrected chi connectivity index (χ2v) is 6.50. The number of nitrogens with one attached hydrogen (secondary N) is 2. The Bertz CT molecular complexity index is 929. The molecule has 4 nitrogen and oxygen atoms in total. The Kier molecular flexibility index (Phi) is 6.19. The molecular weight excluding hydrogens is 379 g/mol. The molecule has 4 N–H and O–H groups in total. The summed E-state index contributed by atoms with van der Waals surface area (Å²) in [7, 11) is 0. The van der Waals surface area contributed by atoms with E-state index in [9.17, 15) is 18.0 Å². The molecule has 0 aliphatic heterocycles. The molecule has 2 atom stereocenters. The van der Waals surface area contributed by atoms with Gasteiger partial charge in [0.15, 0.2) is 0 Å². The Hall–Kier alpha value is -3.32. The van der Waals surface area contributed by atoms with Crippen molar-refractivity contribution in [2.75, 3.05) is 5.32 Å². The molecule has 0 unspecified atom stereocenters. The summed E-state index contributed by atoms with van der Waals surface area (Å²) in [4.78, 5) is 12.5. The first-order valence-corrected chi connectivity index (χ1v) is 8.95. The third kappa shape index (κ3) is 5.36. The second kappa shape index (κ2) is 8.79. The molecule has 150 valence electrons. The molecule has 2 amide bonds. The molecule has 0 spiro atoms. The van der Waals surface area contributed by atoms with Crippen molar-refractivity contribution < 1.29 is 18.0 Å². The van der Waals surface area contributed by atoms with Crippen LogP contribution in [-0.4, -0.2) is 6.03 Å². The molecule has 0 fully saturated rings. The van der Waals surface area contributed by atoms with E-state index in [4.69, 9.17) is 5.73 Å². The van der Waals surface area contributed by atoms with Crippen LogP contribution < -0.4 is 16.4 Å². The minimum atomic E-state index is -4.43. The molecular formula is C22H20F3N3O. The van der Waals surface area contributed by atoms with Crippen LogP contribution in [0.2, 0.25) is 0 Å². The van der Waals surface area contributed by atoms with E-state index in [0.29, 0.717) is 0 Å². The molecule has 0 aliphatic rings. The van der Waals surface area contributed by atoms with Crippen LogP contribution in [0.4, 0.5) is 23.7 Å². The van der Waals surface area contributed by atoms with Gasteiger partial charge in [0.1, 0.15) is 0 Å². The Morgan fingerprint density at radius 1 is 0.793 bits per heavy atom. The number of nitrogens with two attached hydrogens (primary N) is 1. The van der Waals surface area contributed by atoms with Crippen molar-refractivity contribution in [1.29, 1.82) is 0 Å². The van der Waals surface area contributed by atoms with Crippen molar-refractivity contribution in [1.82, 2.24) is 5.32 Å². The van der Waals surface area contributed by atoms with Crippen LogP contribution in [0, 0.1) is 0 Å². The number of anilines is 1. The van der Waals surface area contributed by atoms with E-state index in [-0.39, 0.29) is 5.69 Å². The Labute approximate surface area is 166 Å². The number of urea groups is 1. The summed E-state index contributed by atoms with van der Waals surface area (Å²) in [5.74, 6) is 0. The van der Waals surface area contributed by atoms with Crippen molar-refractivity contribution in [3.8, 4) is 0 Å². The number of halogens is 3. The minimum absolute atomic E-state index is 0.246. The lowest BCUT2D eigenvalue weighted by Crippen LogP contribution is -2.38. The van der Waals surface area contributed by atoms with Crippen LogP contribution in [-0.2, 0) is 6.18 Å². The number of carbonyl (C=O) groups excluding carboxylic acids is 1. The van der Waals surface area contributed by atoms with Crippen LogP contribution >= 0.6 is 0 Å². The predicted molar refractivity (Wildman–Crippen MR) is 106 cm³/mol. The molecule has 0 aromatic heterocycles. The predicted octanol–water partition coefficient (Wildman–Crippen LogP) is 5.27. The summed E-state index contributed by atoms with van der Waals surface area (Å²) in [6.07, 6.45) is -4.43. The van der Waals surface area contributed by atoms with Crippen molar-refractivity contribution in [2.24, 2.45) is 5.73 Å². The van der Waals surface area contributed by atoms with Crippen molar-refractivity contribution in [3.05, 3.63) is 102 Å². The maximum atomic E-state index is 12.7. The van der Waals surface area contributed by atoms with Gasteiger partial charge in [-0.3, -0.25) is 0 Å². The zero-order chi connectivity index (χ0) is 20.9. The van der Waals surface area contributed by atoms with Crippen LogP contribution in [0.5, 0.6) is 0 Å². The van der Waals surface area contributed by atoms with Crippen LogP contribution in [0.15, 0.2) is 84.9 Å². The maximum absolute atomic E-state index is 12.7. The van der Waals surface area contributed by atoms with Gasteiger partial charge in [0.25, 0.3) is 0 Å². The molecule has 3 aromatic rings. The highest BCUT2D eigenvalue weighted by molar-refractivity contribution is 5.89. The number of rotatable bonds is 5. The third-order valence-corrected chi connectivity index (χ3v) is 4.46. The van der Waals surface area contributed by atoms with E-state index in [0.717, 1.165) is 23.3 Å². The first-order chi connectivity index (χ1) is 13.8. The maximum Gasteiger partial charge on any atom is 0.416 e. The Morgan fingerprint density at radius 2 is 1.31 bits per heavy atom. The molecule has 0 aliphatic carbocycles. The highest BCUT2D eigenvalue weighted by Crippen LogP contribution is 2.30. The molecule has 3 aromatic carbocycles.